The maximum absolute atomic E-state index is 5.95. The van der Waals surface area contributed by atoms with Crippen LogP contribution in [0.1, 0.15) is 32.1 Å². The summed E-state index contributed by atoms with van der Waals surface area (Å²) in [4.78, 5) is 2.37. The Balaban J connectivity index is 2.38. The third kappa shape index (κ3) is 2.42. The first-order valence-corrected chi connectivity index (χ1v) is 6.60. The molecule has 2 N–H and O–H groups in total. The van der Waals surface area contributed by atoms with Crippen LogP contribution in [0.4, 0.5) is 0 Å². The highest BCUT2D eigenvalue weighted by Crippen LogP contribution is 2.26. The minimum absolute atomic E-state index is 0.508. The van der Waals surface area contributed by atoms with Crippen molar-refractivity contribution in [2.24, 2.45) is 5.73 Å². The number of rotatable bonds is 5. The number of hydrogen-bond donors (Lipinski definition) is 1. The van der Waals surface area contributed by atoms with Gasteiger partial charge in [0.15, 0.2) is 0 Å². The van der Waals surface area contributed by atoms with Crippen LogP contribution in [-0.2, 0) is 13.1 Å². The molecule has 1 heterocycles. The van der Waals surface area contributed by atoms with E-state index in [1.807, 2.05) is 18.2 Å². The lowest BCUT2D eigenvalue weighted by Gasteiger charge is -2.23. The van der Waals surface area contributed by atoms with Gasteiger partial charge < -0.3 is 10.2 Å². The largest absolute Gasteiger partial charge is 0.459 e. The Kier molecular flexibility index (Phi) is 4.04. The highest BCUT2D eigenvalue weighted by atomic mass is 16.3. The fourth-order valence-electron chi connectivity index (χ4n) is 2.34. The highest BCUT2D eigenvalue weighted by molar-refractivity contribution is 5.82. The number of furan rings is 1. The fraction of sp³-hybridized carbons (Fsp3) is 0.467. The summed E-state index contributed by atoms with van der Waals surface area (Å²) >= 11 is 0. The van der Waals surface area contributed by atoms with Crippen molar-refractivity contribution in [1.29, 1.82) is 0 Å². The Morgan fingerprint density at radius 3 is 2.61 bits per heavy atom. The molecule has 0 aliphatic carbocycles. The van der Waals surface area contributed by atoms with Crippen LogP contribution < -0.4 is 5.73 Å². The summed E-state index contributed by atoms with van der Waals surface area (Å²) in [6.07, 6.45) is 0. The van der Waals surface area contributed by atoms with Crippen LogP contribution >= 0.6 is 0 Å². The minimum Gasteiger partial charge on any atom is -0.459 e. The van der Waals surface area contributed by atoms with Gasteiger partial charge in [-0.3, -0.25) is 4.90 Å². The zero-order valence-corrected chi connectivity index (χ0v) is 11.4. The van der Waals surface area contributed by atoms with E-state index in [4.69, 9.17) is 10.2 Å². The summed E-state index contributed by atoms with van der Waals surface area (Å²) in [7, 11) is 0. The molecule has 2 rings (SSSR count). The molecule has 2 aromatic rings. The number of hydrogen-bond acceptors (Lipinski definition) is 3. The van der Waals surface area contributed by atoms with E-state index in [2.05, 4.69) is 31.7 Å². The van der Waals surface area contributed by atoms with E-state index >= 15 is 0 Å². The zero-order valence-electron chi connectivity index (χ0n) is 11.4. The first kappa shape index (κ1) is 13.1. The summed E-state index contributed by atoms with van der Waals surface area (Å²) in [5.41, 5.74) is 7.96. The van der Waals surface area contributed by atoms with Gasteiger partial charge in [-0.05, 0) is 26.5 Å². The van der Waals surface area contributed by atoms with E-state index in [0.29, 0.717) is 12.6 Å². The Hall–Kier alpha value is -1.32. The second kappa shape index (κ2) is 5.55. The van der Waals surface area contributed by atoms with Crippen LogP contribution in [0.5, 0.6) is 0 Å². The van der Waals surface area contributed by atoms with Crippen LogP contribution in [0.3, 0.4) is 0 Å². The maximum atomic E-state index is 5.95. The Bertz CT molecular complexity index is 516. The van der Waals surface area contributed by atoms with Crippen molar-refractivity contribution >= 4 is 11.0 Å². The van der Waals surface area contributed by atoms with Crippen molar-refractivity contribution in [2.45, 2.75) is 39.9 Å². The first-order valence-electron chi connectivity index (χ1n) is 6.60. The molecule has 0 fully saturated rings. The lowest BCUT2D eigenvalue weighted by Crippen LogP contribution is -2.30. The Morgan fingerprint density at radius 1 is 1.28 bits per heavy atom. The number of nitrogens with zero attached hydrogens (tertiary/aromatic N) is 1. The van der Waals surface area contributed by atoms with Crippen molar-refractivity contribution in [3.8, 4) is 0 Å². The van der Waals surface area contributed by atoms with E-state index in [1.54, 1.807) is 0 Å². The molecule has 0 aliphatic rings. The summed E-state index contributed by atoms with van der Waals surface area (Å²) in [6.45, 7) is 8.95. The molecule has 98 valence electrons. The molecule has 1 aromatic carbocycles. The Labute approximate surface area is 109 Å². The van der Waals surface area contributed by atoms with E-state index < -0.39 is 0 Å². The van der Waals surface area contributed by atoms with Gasteiger partial charge in [-0.1, -0.05) is 25.1 Å². The number of para-hydroxylation sites is 1. The molecule has 0 aliphatic heterocycles. The minimum atomic E-state index is 0.508. The molecule has 3 heteroatoms. The van der Waals surface area contributed by atoms with Gasteiger partial charge in [0.1, 0.15) is 11.3 Å². The van der Waals surface area contributed by atoms with E-state index in [1.165, 1.54) is 0 Å². The second-order valence-corrected chi connectivity index (χ2v) is 4.86. The molecular formula is C15H22N2O. The van der Waals surface area contributed by atoms with Gasteiger partial charge in [-0.25, -0.2) is 0 Å². The summed E-state index contributed by atoms with van der Waals surface area (Å²) in [5, 5.41) is 1.15. The third-order valence-corrected chi connectivity index (χ3v) is 3.47. The van der Waals surface area contributed by atoms with Crippen LogP contribution in [0.2, 0.25) is 0 Å². The van der Waals surface area contributed by atoms with Crippen molar-refractivity contribution in [2.75, 3.05) is 6.54 Å². The number of benzene rings is 1. The fourth-order valence-corrected chi connectivity index (χ4v) is 2.34. The molecule has 0 saturated heterocycles. The van der Waals surface area contributed by atoms with Crippen molar-refractivity contribution in [1.82, 2.24) is 4.90 Å². The topological polar surface area (TPSA) is 42.4 Å². The molecule has 0 atom stereocenters. The van der Waals surface area contributed by atoms with Crippen molar-refractivity contribution < 1.29 is 4.42 Å². The smallest absolute Gasteiger partial charge is 0.134 e. The quantitative estimate of drug-likeness (QED) is 0.881. The van der Waals surface area contributed by atoms with Gasteiger partial charge in [-0.2, -0.15) is 0 Å². The number of fused-ring (bicyclic) bond motifs is 1. The standard InChI is InChI=1S/C15H22N2O/c1-4-17(11(2)3)10-15-13(9-16)12-7-5-6-8-14(12)18-15/h5-8,11H,4,9-10,16H2,1-3H3. The maximum Gasteiger partial charge on any atom is 0.134 e. The summed E-state index contributed by atoms with van der Waals surface area (Å²) < 4.78 is 5.95. The van der Waals surface area contributed by atoms with Crippen LogP contribution in [0.25, 0.3) is 11.0 Å². The highest BCUT2D eigenvalue weighted by Gasteiger charge is 2.16. The zero-order chi connectivity index (χ0) is 13.1. The lowest BCUT2D eigenvalue weighted by atomic mass is 10.1. The van der Waals surface area contributed by atoms with Gasteiger partial charge in [-0.15, -0.1) is 0 Å². The molecule has 0 bridgehead atoms. The molecule has 0 unspecified atom stereocenters. The van der Waals surface area contributed by atoms with Crippen molar-refractivity contribution in [3.05, 3.63) is 35.6 Å². The van der Waals surface area contributed by atoms with Crippen molar-refractivity contribution in [3.63, 3.8) is 0 Å². The summed E-state index contributed by atoms with van der Waals surface area (Å²) in [6, 6.07) is 8.62. The van der Waals surface area contributed by atoms with E-state index in [-0.39, 0.29) is 0 Å². The van der Waals surface area contributed by atoms with Gasteiger partial charge in [0.2, 0.25) is 0 Å². The summed E-state index contributed by atoms with van der Waals surface area (Å²) in [5.74, 6) is 1.01. The van der Waals surface area contributed by atoms with Gasteiger partial charge in [0.25, 0.3) is 0 Å². The van der Waals surface area contributed by atoms with Crippen LogP contribution in [0.15, 0.2) is 28.7 Å². The molecule has 0 radical (unpaired) electrons. The Morgan fingerprint density at radius 2 is 2.00 bits per heavy atom. The predicted molar refractivity (Wildman–Crippen MR) is 75.3 cm³/mol. The SMILES string of the molecule is CCN(Cc1oc2ccccc2c1CN)C(C)C. The van der Waals surface area contributed by atoms with Gasteiger partial charge in [0, 0.05) is 23.5 Å². The molecule has 0 amide bonds. The third-order valence-electron chi connectivity index (χ3n) is 3.47. The second-order valence-electron chi connectivity index (χ2n) is 4.86. The van der Waals surface area contributed by atoms with Gasteiger partial charge in [0.05, 0.1) is 6.54 Å². The molecule has 18 heavy (non-hydrogen) atoms. The van der Waals surface area contributed by atoms with Crippen LogP contribution in [-0.4, -0.2) is 17.5 Å². The average Bonchev–Trinajstić information content (AvgIpc) is 2.72. The monoisotopic (exact) mass is 246 g/mol. The normalized spacial score (nSPS) is 11.9. The van der Waals surface area contributed by atoms with E-state index in [0.717, 1.165) is 35.4 Å². The van der Waals surface area contributed by atoms with E-state index in [9.17, 15) is 0 Å². The molecule has 0 saturated carbocycles. The average molecular weight is 246 g/mol. The lowest BCUT2D eigenvalue weighted by molar-refractivity contribution is 0.208. The predicted octanol–water partition coefficient (Wildman–Crippen LogP) is 3.12. The molecule has 3 nitrogen and oxygen atoms in total. The van der Waals surface area contributed by atoms with Crippen LogP contribution in [0, 0.1) is 0 Å². The first-order chi connectivity index (χ1) is 8.67. The molecule has 0 spiro atoms. The van der Waals surface area contributed by atoms with Gasteiger partial charge >= 0.3 is 0 Å². The molecular weight excluding hydrogens is 224 g/mol. The number of nitrogens with two attached hydrogens (primary N) is 1. The molecule has 1 aromatic heterocycles.